The van der Waals surface area contributed by atoms with E-state index in [-0.39, 0.29) is 32.0 Å². The molecule has 0 N–H and O–H groups in total. The Bertz CT molecular complexity index is 906. The lowest BCUT2D eigenvalue weighted by Crippen LogP contribution is -2.59. The second-order valence-corrected chi connectivity index (χ2v) is 6.65. The van der Waals surface area contributed by atoms with Crippen molar-refractivity contribution in [3.05, 3.63) is 29.5 Å². The number of methoxy groups -OCH3 is 2. The molecule has 3 rings (SSSR count). The molecule has 2 heterocycles. The normalized spacial score (nSPS) is 15.6. The van der Waals surface area contributed by atoms with Crippen LogP contribution in [0.3, 0.4) is 0 Å². The highest BCUT2D eigenvalue weighted by Gasteiger charge is 2.39. The Labute approximate surface area is 171 Å². The van der Waals surface area contributed by atoms with E-state index in [0.717, 1.165) is 0 Å². The smallest absolute Gasteiger partial charge is 0.328 e. The molecule has 1 aromatic carbocycles. The number of hydrogen-bond acceptors (Lipinski definition) is 8. The lowest BCUT2D eigenvalue weighted by Gasteiger charge is -2.37. The van der Waals surface area contributed by atoms with Gasteiger partial charge in [0.15, 0.2) is 0 Å². The molecule has 0 radical (unpaired) electrons. The molecule has 0 bridgehead atoms. The lowest BCUT2D eigenvalue weighted by molar-refractivity contribution is -0.155. The van der Waals surface area contributed by atoms with Crippen LogP contribution in [0.5, 0.6) is 0 Å². The summed E-state index contributed by atoms with van der Waals surface area (Å²) in [5, 5.41) is 11.4. The third-order valence-corrected chi connectivity index (χ3v) is 4.72. The van der Waals surface area contributed by atoms with Crippen LogP contribution in [0.2, 0.25) is 5.02 Å². The molecule has 1 aliphatic rings. The van der Waals surface area contributed by atoms with Gasteiger partial charge in [0.25, 0.3) is 0 Å². The van der Waals surface area contributed by atoms with Crippen LogP contribution in [-0.4, -0.2) is 82.8 Å². The number of benzene rings is 1. The number of carbonyl (C=O) groups is 3. The van der Waals surface area contributed by atoms with Gasteiger partial charge in [-0.15, -0.1) is 5.10 Å². The van der Waals surface area contributed by atoms with Crippen LogP contribution >= 0.6 is 11.6 Å². The van der Waals surface area contributed by atoms with Crippen molar-refractivity contribution < 1.29 is 23.9 Å². The zero-order valence-electron chi connectivity index (χ0n) is 15.8. The molecule has 1 atom stereocenters. The van der Waals surface area contributed by atoms with Crippen LogP contribution in [0.15, 0.2) is 24.5 Å². The Hall–Kier alpha value is -3.05. The molecule has 1 aliphatic heterocycles. The van der Waals surface area contributed by atoms with Crippen molar-refractivity contribution in [2.45, 2.75) is 12.5 Å². The Kier molecular flexibility index (Phi) is 6.39. The summed E-state index contributed by atoms with van der Waals surface area (Å²) in [4.78, 5) is 40.4. The summed E-state index contributed by atoms with van der Waals surface area (Å²) in [5.41, 5.74) is 0.868. The van der Waals surface area contributed by atoms with E-state index in [4.69, 9.17) is 21.1 Å². The van der Waals surface area contributed by atoms with E-state index in [2.05, 4.69) is 15.5 Å². The number of tetrazole rings is 1. The topological polar surface area (TPSA) is 120 Å². The SMILES string of the molecule is COCCC(C(=O)OC)N1CC(=O)N(c2cc(Cl)ccc2-n2cnnn2)CC1=O. The van der Waals surface area contributed by atoms with Crippen molar-refractivity contribution in [1.82, 2.24) is 25.1 Å². The number of nitrogens with zero attached hydrogens (tertiary/aromatic N) is 6. The van der Waals surface area contributed by atoms with Crippen LogP contribution in [0.25, 0.3) is 5.69 Å². The molecule has 1 unspecified atom stereocenters. The molecule has 1 aromatic heterocycles. The van der Waals surface area contributed by atoms with Gasteiger partial charge in [0.05, 0.1) is 18.5 Å². The van der Waals surface area contributed by atoms with Crippen LogP contribution < -0.4 is 4.90 Å². The number of aromatic nitrogens is 4. The predicted octanol–water partition coefficient (Wildman–Crippen LogP) is 0.0690. The summed E-state index contributed by atoms with van der Waals surface area (Å²) < 4.78 is 11.2. The van der Waals surface area contributed by atoms with Gasteiger partial charge in [0.2, 0.25) is 11.8 Å². The fraction of sp³-hybridized carbons (Fsp3) is 0.412. The number of ether oxygens (including phenoxy) is 2. The predicted molar refractivity (Wildman–Crippen MR) is 101 cm³/mol. The average Bonchev–Trinajstić information content (AvgIpc) is 3.24. The number of amides is 2. The van der Waals surface area contributed by atoms with Crippen LogP contribution in [0.4, 0.5) is 5.69 Å². The van der Waals surface area contributed by atoms with Gasteiger partial charge < -0.3 is 14.4 Å². The summed E-state index contributed by atoms with van der Waals surface area (Å²) >= 11 is 6.11. The van der Waals surface area contributed by atoms with Crippen LogP contribution in [-0.2, 0) is 23.9 Å². The highest BCUT2D eigenvalue weighted by atomic mass is 35.5. The van der Waals surface area contributed by atoms with Gasteiger partial charge in [-0.05, 0) is 28.6 Å². The minimum Gasteiger partial charge on any atom is -0.467 e. The molecule has 0 saturated carbocycles. The third kappa shape index (κ3) is 4.35. The first-order valence-corrected chi connectivity index (χ1v) is 9.03. The zero-order valence-corrected chi connectivity index (χ0v) is 16.6. The first-order valence-electron chi connectivity index (χ1n) is 8.65. The number of piperazine rings is 1. The van der Waals surface area contributed by atoms with Crippen molar-refractivity contribution in [3.8, 4) is 5.69 Å². The Morgan fingerprint density at radius 1 is 1.21 bits per heavy atom. The van der Waals surface area contributed by atoms with Gasteiger partial charge in [-0.1, -0.05) is 11.6 Å². The summed E-state index contributed by atoms with van der Waals surface area (Å²) in [5.74, 6) is -1.39. The van der Waals surface area contributed by atoms with Gasteiger partial charge in [0.1, 0.15) is 25.5 Å². The van der Waals surface area contributed by atoms with Crippen molar-refractivity contribution in [3.63, 3.8) is 0 Å². The number of rotatable bonds is 7. The van der Waals surface area contributed by atoms with Crippen molar-refractivity contribution in [2.24, 2.45) is 0 Å². The van der Waals surface area contributed by atoms with Gasteiger partial charge in [-0.2, -0.15) is 4.68 Å². The first-order chi connectivity index (χ1) is 14.0. The Morgan fingerprint density at radius 3 is 2.66 bits per heavy atom. The van der Waals surface area contributed by atoms with E-state index in [1.807, 2.05) is 0 Å². The quantitative estimate of drug-likeness (QED) is 0.575. The second-order valence-electron chi connectivity index (χ2n) is 6.21. The standard InChI is InChI=1S/C17H19ClN6O5/c1-28-6-5-13(17(27)29-2)22-8-16(26)23(9-15(22)25)14-7-11(18)3-4-12(14)24-10-19-20-21-24/h3-4,7,10,13H,5-6,8-9H2,1-2H3. The van der Waals surface area contributed by atoms with Crippen LogP contribution in [0, 0.1) is 0 Å². The van der Waals surface area contributed by atoms with E-state index in [1.54, 1.807) is 18.2 Å². The molecule has 0 spiro atoms. The molecule has 1 saturated heterocycles. The molecule has 2 aromatic rings. The van der Waals surface area contributed by atoms with E-state index >= 15 is 0 Å². The zero-order chi connectivity index (χ0) is 21.0. The highest BCUT2D eigenvalue weighted by Crippen LogP contribution is 2.29. The monoisotopic (exact) mass is 422 g/mol. The number of esters is 1. The molecular weight excluding hydrogens is 404 g/mol. The van der Waals surface area contributed by atoms with E-state index in [0.29, 0.717) is 16.4 Å². The number of halogens is 1. The van der Waals surface area contributed by atoms with E-state index < -0.39 is 17.9 Å². The van der Waals surface area contributed by atoms with Gasteiger partial charge in [-0.3, -0.25) is 14.5 Å². The molecular formula is C17H19ClN6O5. The Morgan fingerprint density at radius 2 is 2.00 bits per heavy atom. The van der Waals surface area contributed by atoms with E-state index in [1.165, 1.54) is 35.0 Å². The third-order valence-electron chi connectivity index (χ3n) is 4.49. The average molecular weight is 423 g/mol. The van der Waals surface area contributed by atoms with Gasteiger partial charge >= 0.3 is 5.97 Å². The molecule has 11 nitrogen and oxygen atoms in total. The summed E-state index contributed by atoms with van der Waals surface area (Å²) in [6.07, 6.45) is 1.59. The van der Waals surface area contributed by atoms with Crippen LogP contribution in [0.1, 0.15) is 6.42 Å². The van der Waals surface area contributed by atoms with Crippen molar-refractivity contribution >= 4 is 35.1 Å². The minimum atomic E-state index is -0.906. The van der Waals surface area contributed by atoms with Crippen molar-refractivity contribution in [2.75, 3.05) is 38.8 Å². The number of anilines is 1. The Balaban J connectivity index is 1.89. The molecule has 29 heavy (non-hydrogen) atoms. The molecule has 154 valence electrons. The van der Waals surface area contributed by atoms with Gasteiger partial charge in [-0.25, -0.2) is 4.79 Å². The molecule has 0 aliphatic carbocycles. The second kappa shape index (κ2) is 8.97. The summed E-state index contributed by atoms with van der Waals surface area (Å²) in [6.45, 7) is -0.322. The molecule has 1 fully saturated rings. The van der Waals surface area contributed by atoms with E-state index in [9.17, 15) is 14.4 Å². The fourth-order valence-electron chi connectivity index (χ4n) is 3.08. The maximum atomic E-state index is 12.9. The fourth-order valence-corrected chi connectivity index (χ4v) is 3.25. The minimum absolute atomic E-state index is 0.217. The summed E-state index contributed by atoms with van der Waals surface area (Å²) in [6, 6.07) is 3.93. The van der Waals surface area contributed by atoms with Crippen molar-refractivity contribution in [1.29, 1.82) is 0 Å². The maximum absolute atomic E-state index is 12.9. The first kappa shape index (κ1) is 20.7. The lowest BCUT2D eigenvalue weighted by atomic mass is 10.1. The van der Waals surface area contributed by atoms with Gasteiger partial charge in [0, 0.05) is 25.2 Å². The largest absolute Gasteiger partial charge is 0.467 e. The molecule has 2 amide bonds. The highest BCUT2D eigenvalue weighted by molar-refractivity contribution is 6.31. The number of carbonyl (C=O) groups excluding carboxylic acids is 3. The maximum Gasteiger partial charge on any atom is 0.328 e. The molecule has 12 heteroatoms. The number of hydrogen-bond donors (Lipinski definition) is 0. The summed E-state index contributed by atoms with van der Waals surface area (Å²) in [7, 11) is 2.72.